The predicted octanol–water partition coefficient (Wildman–Crippen LogP) is 2.69. The van der Waals surface area contributed by atoms with Crippen molar-refractivity contribution in [1.82, 2.24) is 10.2 Å². The van der Waals surface area contributed by atoms with Crippen molar-refractivity contribution in [2.75, 3.05) is 13.1 Å². The number of alkyl carbamates (subject to hydrolysis) is 1. The van der Waals surface area contributed by atoms with Crippen LogP contribution in [-0.4, -0.2) is 41.6 Å². The molecule has 0 bridgehead atoms. The van der Waals surface area contributed by atoms with Crippen molar-refractivity contribution in [1.29, 1.82) is 0 Å². The third-order valence-corrected chi connectivity index (χ3v) is 4.18. The van der Waals surface area contributed by atoms with Gasteiger partial charge in [0, 0.05) is 19.0 Å². The van der Waals surface area contributed by atoms with Gasteiger partial charge in [-0.1, -0.05) is 19.3 Å². The fourth-order valence-electron chi connectivity index (χ4n) is 3.16. The lowest BCUT2D eigenvalue weighted by Crippen LogP contribution is -2.42. The summed E-state index contributed by atoms with van der Waals surface area (Å²) in [7, 11) is 0. The lowest BCUT2D eigenvalue weighted by Gasteiger charge is -2.26. The van der Waals surface area contributed by atoms with Crippen molar-refractivity contribution in [3.05, 3.63) is 0 Å². The summed E-state index contributed by atoms with van der Waals surface area (Å²) in [4.78, 5) is 26.1. The van der Waals surface area contributed by atoms with Crippen LogP contribution in [0.1, 0.15) is 59.3 Å². The molecule has 1 aliphatic carbocycles. The minimum absolute atomic E-state index is 0.0207. The van der Waals surface area contributed by atoms with Crippen molar-refractivity contribution in [2.24, 2.45) is 5.92 Å². The standard InChI is InChI=1S/C16H28N2O3/c1-16(2,3)21-15(20)17-13-9-10-18(11-13)14(19)12-7-5-4-6-8-12/h12-13H,4-11H2,1-3H3,(H,17,20)/t13-/m0/s1. The molecule has 1 aliphatic heterocycles. The van der Waals surface area contributed by atoms with Crippen LogP contribution in [-0.2, 0) is 9.53 Å². The molecule has 1 N–H and O–H groups in total. The number of likely N-dealkylation sites (tertiary alicyclic amines) is 1. The van der Waals surface area contributed by atoms with E-state index >= 15 is 0 Å². The van der Waals surface area contributed by atoms with E-state index in [1.807, 2.05) is 25.7 Å². The molecular formula is C16H28N2O3. The SMILES string of the molecule is CC(C)(C)OC(=O)N[C@H]1CCN(C(=O)C2CCCCC2)C1. The first kappa shape index (κ1) is 16.1. The van der Waals surface area contributed by atoms with E-state index in [4.69, 9.17) is 4.74 Å². The molecule has 2 fully saturated rings. The second-order valence-electron chi connectivity index (χ2n) is 7.25. The van der Waals surface area contributed by atoms with Gasteiger partial charge in [0.2, 0.25) is 5.91 Å². The van der Waals surface area contributed by atoms with Gasteiger partial charge in [-0.25, -0.2) is 4.79 Å². The van der Waals surface area contributed by atoms with Gasteiger partial charge in [0.1, 0.15) is 5.60 Å². The molecule has 2 amide bonds. The van der Waals surface area contributed by atoms with Gasteiger partial charge in [0.05, 0.1) is 6.04 Å². The number of nitrogens with zero attached hydrogens (tertiary/aromatic N) is 1. The molecular weight excluding hydrogens is 268 g/mol. The van der Waals surface area contributed by atoms with E-state index in [0.29, 0.717) is 6.54 Å². The zero-order valence-electron chi connectivity index (χ0n) is 13.5. The Labute approximate surface area is 127 Å². The first-order valence-corrected chi connectivity index (χ1v) is 8.13. The number of rotatable bonds is 2. The summed E-state index contributed by atoms with van der Waals surface area (Å²) in [5.41, 5.74) is -0.486. The van der Waals surface area contributed by atoms with Gasteiger partial charge in [0.25, 0.3) is 0 Å². The van der Waals surface area contributed by atoms with Crippen LogP contribution in [0, 0.1) is 5.92 Å². The third kappa shape index (κ3) is 4.90. The second-order valence-corrected chi connectivity index (χ2v) is 7.25. The molecule has 0 aromatic rings. The lowest BCUT2D eigenvalue weighted by molar-refractivity contribution is -0.135. The molecule has 1 saturated carbocycles. The Morgan fingerprint density at radius 3 is 2.38 bits per heavy atom. The molecule has 2 aliphatic rings. The van der Waals surface area contributed by atoms with E-state index in [9.17, 15) is 9.59 Å². The summed E-state index contributed by atoms with van der Waals surface area (Å²) in [5, 5.41) is 2.87. The van der Waals surface area contributed by atoms with Gasteiger partial charge in [0.15, 0.2) is 0 Å². The van der Waals surface area contributed by atoms with Gasteiger partial charge < -0.3 is 15.0 Å². The molecule has 1 atom stereocenters. The molecule has 5 nitrogen and oxygen atoms in total. The number of ether oxygens (including phenoxy) is 1. The van der Waals surface area contributed by atoms with Crippen LogP contribution < -0.4 is 5.32 Å². The second kappa shape index (κ2) is 6.67. The van der Waals surface area contributed by atoms with E-state index in [-0.39, 0.29) is 24.0 Å². The highest BCUT2D eigenvalue weighted by atomic mass is 16.6. The van der Waals surface area contributed by atoms with Crippen LogP contribution in [0.3, 0.4) is 0 Å². The molecule has 2 rings (SSSR count). The molecule has 120 valence electrons. The van der Waals surface area contributed by atoms with Gasteiger partial charge in [-0.05, 0) is 40.0 Å². The summed E-state index contributed by atoms with van der Waals surface area (Å²) in [6.07, 6.45) is 6.08. The van der Waals surface area contributed by atoms with Crippen molar-refractivity contribution in [3.63, 3.8) is 0 Å². The maximum atomic E-state index is 12.4. The fourth-order valence-corrected chi connectivity index (χ4v) is 3.16. The predicted molar refractivity (Wildman–Crippen MR) is 80.9 cm³/mol. The summed E-state index contributed by atoms with van der Waals surface area (Å²) in [5.74, 6) is 0.488. The van der Waals surface area contributed by atoms with E-state index in [0.717, 1.165) is 25.8 Å². The quantitative estimate of drug-likeness (QED) is 0.852. The molecule has 5 heteroatoms. The van der Waals surface area contributed by atoms with E-state index < -0.39 is 5.60 Å². The fraction of sp³-hybridized carbons (Fsp3) is 0.875. The van der Waals surface area contributed by atoms with Crippen molar-refractivity contribution in [2.45, 2.75) is 70.9 Å². The third-order valence-electron chi connectivity index (χ3n) is 4.18. The van der Waals surface area contributed by atoms with Crippen LogP contribution in [0.5, 0.6) is 0 Å². The highest BCUT2D eigenvalue weighted by Gasteiger charge is 2.32. The number of carbonyl (C=O) groups excluding carboxylic acids is 2. The van der Waals surface area contributed by atoms with Crippen LogP contribution >= 0.6 is 0 Å². The number of nitrogens with one attached hydrogen (secondary N) is 1. The summed E-state index contributed by atoms with van der Waals surface area (Å²) >= 11 is 0. The number of carbonyl (C=O) groups is 2. The lowest BCUT2D eigenvalue weighted by atomic mass is 9.88. The Morgan fingerprint density at radius 2 is 1.76 bits per heavy atom. The monoisotopic (exact) mass is 296 g/mol. The Balaban J connectivity index is 1.77. The van der Waals surface area contributed by atoms with Crippen molar-refractivity contribution < 1.29 is 14.3 Å². The van der Waals surface area contributed by atoms with Gasteiger partial charge in [-0.2, -0.15) is 0 Å². The van der Waals surface area contributed by atoms with E-state index in [2.05, 4.69) is 5.32 Å². The first-order valence-electron chi connectivity index (χ1n) is 8.13. The maximum absolute atomic E-state index is 12.4. The minimum atomic E-state index is -0.486. The van der Waals surface area contributed by atoms with Gasteiger partial charge >= 0.3 is 6.09 Å². The number of amides is 2. The van der Waals surface area contributed by atoms with Crippen LogP contribution in [0.25, 0.3) is 0 Å². The highest BCUT2D eigenvalue weighted by Crippen LogP contribution is 2.26. The Hall–Kier alpha value is -1.26. The molecule has 0 radical (unpaired) electrons. The molecule has 0 aromatic heterocycles. The average molecular weight is 296 g/mol. The van der Waals surface area contributed by atoms with E-state index in [1.165, 1.54) is 19.3 Å². The zero-order valence-corrected chi connectivity index (χ0v) is 13.5. The van der Waals surface area contributed by atoms with Crippen LogP contribution in [0.2, 0.25) is 0 Å². The maximum Gasteiger partial charge on any atom is 0.407 e. The summed E-state index contributed by atoms with van der Waals surface area (Å²) in [6.45, 7) is 6.91. The molecule has 1 heterocycles. The normalized spacial score (nSPS) is 24.0. The average Bonchev–Trinajstić information content (AvgIpc) is 2.85. The zero-order chi connectivity index (χ0) is 15.5. The van der Waals surface area contributed by atoms with Gasteiger partial charge in [-0.15, -0.1) is 0 Å². The smallest absolute Gasteiger partial charge is 0.407 e. The highest BCUT2D eigenvalue weighted by molar-refractivity contribution is 5.79. The Kier molecular flexibility index (Phi) is 5.12. The van der Waals surface area contributed by atoms with E-state index in [1.54, 1.807) is 0 Å². The van der Waals surface area contributed by atoms with Crippen molar-refractivity contribution >= 4 is 12.0 Å². The Bertz CT molecular complexity index is 383. The van der Waals surface area contributed by atoms with Crippen LogP contribution in [0.15, 0.2) is 0 Å². The summed E-state index contributed by atoms with van der Waals surface area (Å²) in [6, 6.07) is 0.0207. The molecule has 21 heavy (non-hydrogen) atoms. The molecule has 0 spiro atoms. The topological polar surface area (TPSA) is 58.6 Å². The first-order chi connectivity index (χ1) is 9.85. The van der Waals surface area contributed by atoms with Crippen LogP contribution in [0.4, 0.5) is 4.79 Å². The Morgan fingerprint density at radius 1 is 1.10 bits per heavy atom. The summed E-state index contributed by atoms with van der Waals surface area (Å²) < 4.78 is 5.26. The largest absolute Gasteiger partial charge is 0.444 e. The van der Waals surface area contributed by atoms with Gasteiger partial charge in [-0.3, -0.25) is 4.79 Å². The molecule has 0 unspecified atom stereocenters. The minimum Gasteiger partial charge on any atom is -0.444 e. The number of hydrogen-bond donors (Lipinski definition) is 1. The number of hydrogen-bond acceptors (Lipinski definition) is 3. The molecule has 0 aromatic carbocycles. The molecule has 1 saturated heterocycles. The van der Waals surface area contributed by atoms with Crippen molar-refractivity contribution in [3.8, 4) is 0 Å².